The van der Waals surface area contributed by atoms with Gasteiger partial charge < -0.3 is 15.5 Å². The van der Waals surface area contributed by atoms with Crippen LogP contribution < -0.4 is 5.32 Å². The second-order valence-electron chi connectivity index (χ2n) is 7.69. The van der Waals surface area contributed by atoms with Gasteiger partial charge in [0.25, 0.3) is 0 Å². The number of hydrogen-bond acceptors (Lipinski definition) is 4. The number of nitrogens with one attached hydrogen (secondary N) is 1. The molecule has 1 heterocycles. The molecule has 1 aliphatic rings. The number of anilines is 2. The first kappa shape index (κ1) is 19.6. The Morgan fingerprint density at radius 1 is 0.931 bits per heavy atom. The van der Waals surface area contributed by atoms with Gasteiger partial charge in [-0.15, -0.1) is 0 Å². The lowest BCUT2D eigenvalue weighted by atomic mass is 9.97. The van der Waals surface area contributed by atoms with Crippen LogP contribution in [0.3, 0.4) is 0 Å². The molecule has 0 bridgehead atoms. The molecule has 4 nitrogen and oxygen atoms in total. The second-order valence-corrected chi connectivity index (χ2v) is 7.69. The third kappa shape index (κ3) is 4.20. The molecular formula is C25H28N2O2. The SMILES string of the molecule is Cc1c(Nc2ccc3c(c2)CCN(C(CO)CO)C3)cccc1-c1ccccc1. The molecule has 29 heavy (non-hydrogen) atoms. The lowest BCUT2D eigenvalue weighted by molar-refractivity contribution is 0.0651. The lowest BCUT2D eigenvalue weighted by Crippen LogP contribution is -2.43. The van der Waals surface area contributed by atoms with E-state index < -0.39 is 0 Å². The summed E-state index contributed by atoms with van der Waals surface area (Å²) in [6.07, 6.45) is 0.921. The van der Waals surface area contributed by atoms with E-state index in [4.69, 9.17) is 0 Å². The fourth-order valence-electron chi connectivity index (χ4n) is 4.11. The summed E-state index contributed by atoms with van der Waals surface area (Å²) in [4.78, 5) is 2.16. The summed E-state index contributed by atoms with van der Waals surface area (Å²) in [6.45, 7) is 3.75. The molecule has 3 aromatic carbocycles. The Kier molecular flexibility index (Phi) is 5.95. The van der Waals surface area contributed by atoms with Crippen molar-refractivity contribution in [2.45, 2.75) is 25.9 Å². The van der Waals surface area contributed by atoms with Gasteiger partial charge in [0.15, 0.2) is 0 Å². The van der Waals surface area contributed by atoms with Crippen molar-refractivity contribution < 1.29 is 10.2 Å². The van der Waals surface area contributed by atoms with Crippen LogP contribution in [0.2, 0.25) is 0 Å². The minimum atomic E-state index is -0.177. The zero-order chi connectivity index (χ0) is 20.2. The number of aliphatic hydroxyl groups excluding tert-OH is 2. The van der Waals surface area contributed by atoms with Gasteiger partial charge in [-0.25, -0.2) is 0 Å². The maximum Gasteiger partial charge on any atom is 0.0609 e. The van der Waals surface area contributed by atoms with E-state index in [0.29, 0.717) is 0 Å². The number of nitrogens with zero attached hydrogens (tertiary/aromatic N) is 1. The Labute approximate surface area is 172 Å². The molecule has 4 rings (SSSR count). The van der Waals surface area contributed by atoms with E-state index in [0.717, 1.165) is 30.9 Å². The summed E-state index contributed by atoms with van der Waals surface area (Å²) >= 11 is 0. The number of hydrogen-bond donors (Lipinski definition) is 3. The molecule has 3 aromatic rings. The molecule has 0 spiro atoms. The average Bonchev–Trinajstić information content (AvgIpc) is 2.77. The van der Waals surface area contributed by atoms with Crippen LogP contribution in [-0.4, -0.2) is 40.9 Å². The zero-order valence-electron chi connectivity index (χ0n) is 16.8. The normalized spacial score (nSPS) is 14.1. The van der Waals surface area contributed by atoms with Gasteiger partial charge in [-0.05, 0) is 59.4 Å². The highest BCUT2D eigenvalue weighted by atomic mass is 16.3. The van der Waals surface area contributed by atoms with E-state index >= 15 is 0 Å². The van der Waals surface area contributed by atoms with Gasteiger partial charge in [0.05, 0.1) is 19.3 Å². The van der Waals surface area contributed by atoms with Crippen molar-refractivity contribution in [1.29, 1.82) is 0 Å². The van der Waals surface area contributed by atoms with Gasteiger partial charge in [0.2, 0.25) is 0 Å². The first-order valence-electron chi connectivity index (χ1n) is 10.2. The average molecular weight is 389 g/mol. The summed E-state index contributed by atoms with van der Waals surface area (Å²) < 4.78 is 0. The van der Waals surface area contributed by atoms with Gasteiger partial charge >= 0.3 is 0 Å². The van der Waals surface area contributed by atoms with E-state index in [-0.39, 0.29) is 19.3 Å². The molecule has 0 aromatic heterocycles. The third-order valence-corrected chi connectivity index (χ3v) is 5.88. The Bertz CT molecular complexity index is 968. The third-order valence-electron chi connectivity index (χ3n) is 5.88. The predicted molar refractivity (Wildman–Crippen MR) is 118 cm³/mol. The van der Waals surface area contributed by atoms with Gasteiger partial charge in [-0.3, -0.25) is 4.90 Å². The van der Waals surface area contributed by atoms with E-state index in [1.807, 2.05) is 6.07 Å². The van der Waals surface area contributed by atoms with Crippen LogP contribution in [0.1, 0.15) is 16.7 Å². The van der Waals surface area contributed by atoms with E-state index in [9.17, 15) is 10.2 Å². The monoisotopic (exact) mass is 388 g/mol. The molecule has 3 N–H and O–H groups in total. The molecule has 0 saturated carbocycles. The summed E-state index contributed by atoms with van der Waals surface area (Å²) in [5.74, 6) is 0. The van der Waals surface area contributed by atoms with Crippen molar-refractivity contribution in [3.63, 3.8) is 0 Å². The van der Waals surface area contributed by atoms with Crippen LogP contribution in [0.15, 0.2) is 66.7 Å². The summed E-state index contributed by atoms with van der Waals surface area (Å²) in [5, 5.41) is 22.5. The minimum Gasteiger partial charge on any atom is -0.395 e. The van der Waals surface area contributed by atoms with Crippen LogP contribution >= 0.6 is 0 Å². The minimum absolute atomic E-state index is 0.0114. The van der Waals surface area contributed by atoms with Crippen molar-refractivity contribution >= 4 is 11.4 Å². The quantitative estimate of drug-likeness (QED) is 0.595. The molecule has 0 unspecified atom stereocenters. The molecule has 0 fully saturated rings. The van der Waals surface area contributed by atoms with Crippen molar-refractivity contribution in [3.8, 4) is 11.1 Å². The lowest BCUT2D eigenvalue weighted by Gasteiger charge is -2.34. The second kappa shape index (κ2) is 8.78. The molecule has 0 amide bonds. The predicted octanol–water partition coefficient (Wildman–Crippen LogP) is 4.12. The van der Waals surface area contributed by atoms with E-state index in [1.165, 1.54) is 27.8 Å². The highest BCUT2D eigenvalue weighted by molar-refractivity contribution is 5.76. The van der Waals surface area contributed by atoms with Crippen LogP contribution in [0, 0.1) is 6.92 Å². The standard InChI is InChI=1S/C25H28N2O2/c1-18-24(19-6-3-2-4-7-19)8-5-9-25(18)26-22-11-10-21-15-27(23(16-28)17-29)13-12-20(21)14-22/h2-11,14,23,26,28-29H,12-13,15-17H2,1H3. The van der Waals surface area contributed by atoms with Crippen LogP contribution in [0.5, 0.6) is 0 Å². The van der Waals surface area contributed by atoms with E-state index in [2.05, 4.69) is 77.8 Å². The number of aliphatic hydroxyl groups is 2. The first-order valence-corrected chi connectivity index (χ1v) is 10.2. The molecule has 0 saturated heterocycles. The van der Waals surface area contributed by atoms with Gasteiger partial charge in [0, 0.05) is 24.5 Å². The molecule has 0 aliphatic carbocycles. The van der Waals surface area contributed by atoms with Gasteiger partial charge in [0.1, 0.15) is 0 Å². The molecule has 4 heteroatoms. The van der Waals surface area contributed by atoms with E-state index in [1.54, 1.807) is 0 Å². The molecule has 150 valence electrons. The number of rotatable bonds is 6. The first-order chi connectivity index (χ1) is 14.2. The molecular weight excluding hydrogens is 360 g/mol. The maximum absolute atomic E-state index is 9.45. The van der Waals surface area contributed by atoms with Gasteiger partial charge in [-0.2, -0.15) is 0 Å². The number of fused-ring (bicyclic) bond motifs is 1. The van der Waals surface area contributed by atoms with Crippen molar-refractivity contribution in [2.75, 3.05) is 25.1 Å². The molecule has 0 radical (unpaired) electrons. The number of benzene rings is 3. The maximum atomic E-state index is 9.45. The van der Waals surface area contributed by atoms with Crippen molar-refractivity contribution in [3.05, 3.63) is 83.4 Å². The molecule has 0 atom stereocenters. The Morgan fingerprint density at radius 2 is 1.72 bits per heavy atom. The fourth-order valence-corrected chi connectivity index (χ4v) is 4.11. The largest absolute Gasteiger partial charge is 0.395 e. The topological polar surface area (TPSA) is 55.7 Å². The fraction of sp³-hybridized carbons (Fsp3) is 0.280. The summed E-state index contributed by atoms with van der Waals surface area (Å²) in [6, 6.07) is 23.2. The Morgan fingerprint density at radius 3 is 2.48 bits per heavy atom. The van der Waals surface area contributed by atoms with Crippen LogP contribution in [0.4, 0.5) is 11.4 Å². The summed E-state index contributed by atoms with van der Waals surface area (Å²) in [5.41, 5.74) is 8.50. The van der Waals surface area contributed by atoms with Crippen molar-refractivity contribution in [2.24, 2.45) is 0 Å². The molecule has 1 aliphatic heterocycles. The Hall–Kier alpha value is -2.66. The zero-order valence-corrected chi connectivity index (χ0v) is 16.8. The Balaban J connectivity index is 1.55. The van der Waals surface area contributed by atoms with Gasteiger partial charge in [-0.1, -0.05) is 48.5 Å². The highest BCUT2D eigenvalue weighted by Crippen LogP contribution is 2.31. The smallest absolute Gasteiger partial charge is 0.0609 e. The van der Waals surface area contributed by atoms with Crippen LogP contribution in [0.25, 0.3) is 11.1 Å². The summed E-state index contributed by atoms with van der Waals surface area (Å²) in [7, 11) is 0. The highest BCUT2D eigenvalue weighted by Gasteiger charge is 2.22. The van der Waals surface area contributed by atoms with Crippen molar-refractivity contribution in [1.82, 2.24) is 4.90 Å². The van der Waals surface area contributed by atoms with Crippen LogP contribution in [-0.2, 0) is 13.0 Å².